The number of aromatic nitrogens is 2. The molecule has 0 saturated heterocycles. The highest BCUT2D eigenvalue weighted by molar-refractivity contribution is 5.37. The van der Waals surface area contributed by atoms with Gasteiger partial charge >= 0.3 is 0 Å². The Balaban J connectivity index is 1.73. The monoisotopic (exact) mass is 347 g/mol. The molecule has 0 amide bonds. The number of aryl methyl sites for hydroxylation is 3. The maximum absolute atomic E-state index is 2.27. The Morgan fingerprint density at radius 1 is 0.923 bits per heavy atom. The quantitative estimate of drug-likeness (QED) is 0.581. The third-order valence-electron chi connectivity index (χ3n) is 5.11. The first kappa shape index (κ1) is 18.4. The first-order valence-electron chi connectivity index (χ1n) is 9.43. The second kappa shape index (κ2) is 7.11. The summed E-state index contributed by atoms with van der Waals surface area (Å²) in [6, 6.07) is 13.6. The lowest BCUT2D eigenvalue weighted by molar-refractivity contribution is -0.687. The van der Waals surface area contributed by atoms with E-state index < -0.39 is 0 Å². The molecule has 3 rings (SSSR count). The molecule has 0 N–H and O–H groups in total. The maximum atomic E-state index is 2.27. The fourth-order valence-corrected chi connectivity index (χ4v) is 3.59. The molecule has 0 spiro atoms. The molecule has 0 aliphatic heterocycles. The summed E-state index contributed by atoms with van der Waals surface area (Å²) in [6.07, 6.45) is 6.54. The summed E-state index contributed by atoms with van der Waals surface area (Å²) < 4.78 is 4.53. The molecule has 0 bridgehead atoms. The summed E-state index contributed by atoms with van der Waals surface area (Å²) >= 11 is 0. The van der Waals surface area contributed by atoms with Crippen molar-refractivity contribution < 1.29 is 4.57 Å². The van der Waals surface area contributed by atoms with Gasteiger partial charge in [-0.25, -0.2) is 9.13 Å². The van der Waals surface area contributed by atoms with Gasteiger partial charge in [-0.05, 0) is 54.0 Å². The summed E-state index contributed by atoms with van der Waals surface area (Å²) in [4.78, 5) is 0. The van der Waals surface area contributed by atoms with E-state index in [-0.39, 0.29) is 5.41 Å². The van der Waals surface area contributed by atoms with E-state index in [1.807, 2.05) is 0 Å². The van der Waals surface area contributed by atoms with Crippen molar-refractivity contribution in [3.8, 4) is 0 Å². The molecule has 26 heavy (non-hydrogen) atoms. The van der Waals surface area contributed by atoms with Crippen LogP contribution in [0.3, 0.4) is 0 Å². The number of nitrogens with zero attached hydrogens (tertiary/aromatic N) is 2. The van der Waals surface area contributed by atoms with Crippen LogP contribution in [0.2, 0.25) is 0 Å². The maximum Gasteiger partial charge on any atom is 0.244 e. The molecule has 0 aliphatic carbocycles. The molecule has 2 nitrogen and oxygen atoms in total. The summed E-state index contributed by atoms with van der Waals surface area (Å²) in [5.41, 5.74) is 8.44. The van der Waals surface area contributed by atoms with Gasteiger partial charge in [0.25, 0.3) is 0 Å². The van der Waals surface area contributed by atoms with Gasteiger partial charge in [0.2, 0.25) is 6.33 Å². The van der Waals surface area contributed by atoms with Gasteiger partial charge in [0, 0.05) is 0 Å². The van der Waals surface area contributed by atoms with E-state index in [0.717, 1.165) is 13.1 Å². The number of hydrogen-bond donors (Lipinski definition) is 0. The molecule has 0 radical (unpaired) electrons. The molecular weight excluding hydrogens is 316 g/mol. The predicted molar refractivity (Wildman–Crippen MR) is 109 cm³/mol. The SMILES string of the molecule is Cc1cc(C)c(Cn2cc[n+](Cc3ccc(C(C)(C)C)cc3)c2)c(C)c1. The summed E-state index contributed by atoms with van der Waals surface area (Å²) in [5.74, 6) is 0. The van der Waals surface area contributed by atoms with Gasteiger partial charge in [0.1, 0.15) is 25.5 Å². The van der Waals surface area contributed by atoms with Gasteiger partial charge < -0.3 is 0 Å². The van der Waals surface area contributed by atoms with Crippen LogP contribution in [-0.2, 0) is 18.5 Å². The molecule has 2 heteroatoms. The van der Waals surface area contributed by atoms with Crippen LogP contribution in [0, 0.1) is 20.8 Å². The molecule has 0 atom stereocenters. The van der Waals surface area contributed by atoms with Gasteiger partial charge in [0.05, 0.1) is 0 Å². The van der Waals surface area contributed by atoms with E-state index in [1.54, 1.807) is 0 Å². The smallest absolute Gasteiger partial charge is 0.233 e. The van der Waals surface area contributed by atoms with Crippen LogP contribution in [0.5, 0.6) is 0 Å². The highest BCUT2D eigenvalue weighted by atomic mass is 15.1. The molecule has 1 aromatic heterocycles. The third-order valence-corrected chi connectivity index (χ3v) is 5.11. The van der Waals surface area contributed by atoms with E-state index in [4.69, 9.17) is 0 Å². The Labute approximate surface area is 158 Å². The summed E-state index contributed by atoms with van der Waals surface area (Å²) in [5, 5.41) is 0. The molecule has 0 saturated carbocycles. The average molecular weight is 348 g/mol. The van der Waals surface area contributed by atoms with E-state index in [1.165, 1.54) is 33.4 Å². The summed E-state index contributed by atoms with van der Waals surface area (Å²) in [7, 11) is 0. The molecule has 136 valence electrons. The van der Waals surface area contributed by atoms with Crippen molar-refractivity contribution in [3.05, 3.63) is 88.5 Å². The number of imidazole rings is 1. The Bertz CT molecular complexity index is 870. The lowest BCUT2D eigenvalue weighted by atomic mass is 9.87. The zero-order valence-corrected chi connectivity index (χ0v) is 17.0. The van der Waals surface area contributed by atoms with Crippen molar-refractivity contribution in [1.29, 1.82) is 0 Å². The van der Waals surface area contributed by atoms with Gasteiger partial charge in [-0.1, -0.05) is 62.7 Å². The number of rotatable bonds is 4. The van der Waals surface area contributed by atoms with Crippen LogP contribution in [-0.4, -0.2) is 4.57 Å². The Kier molecular flexibility index (Phi) is 5.04. The predicted octanol–water partition coefficient (Wildman–Crippen LogP) is 5.09. The van der Waals surface area contributed by atoms with Crippen molar-refractivity contribution in [2.45, 2.75) is 60.0 Å². The van der Waals surface area contributed by atoms with Crippen LogP contribution in [0.15, 0.2) is 55.1 Å². The fraction of sp³-hybridized carbons (Fsp3) is 0.375. The standard InChI is InChI=1S/C24H31N2/c1-18-13-19(2)23(20(3)14-18)16-26-12-11-25(17-26)15-21-7-9-22(10-8-21)24(4,5)6/h7-14,17H,15-16H2,1-6H3/q+1. The average Bonchev–Trinajstić information content (AvgIpc) is 2.98. The second-order valence-electron chi connectivity index (χ2n) is 8.58. The zero-order chi connectivity index (χ0) is 18.9. The normalized spacial score (nSPS) is 11.8. The van der Waals surface area contributed by atoms with Crippen LogP contribution in [0.4, 0.5) is 0 Å². The van der Waals surface area contributed by atoms with Crippen molar-refractivity contribution in [2.24, 2.45) is 0 Å². The molecule has 3 aromatic rings. The van der Waals surface area contributed by atoms with Gasteiger partial charge in [-0.15, -0.1) is 0 Å². The first-order chi connectivity index (χ1) is 12.2. The fourth-order valence-electron chi connectivity index (χ4n) is 3.59. The van der Waals surface area contributed by atoms with Crippen molar-refractivity contribution >= 4 is 0 Å². The van der Waals surface area contributed by atoms with E-state index >= 15 is 0 Å². The second-order valence-corrected chi connectivity index (χ2v) is 8.58. The van der Waals surface area contributed by atoms with Gasteiger partial charge in [-0.2, -0.15) is 0 Å². The van der Waals surface area contributed by atoms with Crippen LogP contribution < -0.4 is 4.57 Å². The zero-order valence-electron chi connectivity index (χ0n) is 17.0. The Morgan fingerprint density at radius 2 is 1.54 bits per heavy atom. The highest BCUT2D eigenvalue weighted by Crippen LogP contribution is 2.22. The molecular formula is C24H31N2+. The van der Waals surface area contributed by atoms with Gasteiger partial charge in [0.15, 0.2) is 0 Å². The van der Waals surface area contributed by atoms with Crippen molar-refractivity contribution in [1.82, 2.24) is 4.57 Å². The Hall–Kier alpha value is -2.35. The molecule has 0 unspecified atom stereocenters. The highest BCUT2D eigenvalue weighted by Gasteiger charge is 2.14. The minimum absolute atomic E-state index is 0.207. The van der Waals surface area contributed by atoms with Crippen molar-refractivity contribution in [3.63, 3.8) is 0 Å². The molecule has 2 aromatic carbocycles. The Morgan fingerprint density at radius 3 is 2.12 bits per heavy atom. The van der Waals surface area contributed by atoms with E-state index in [2.05, 4.69) is 106 Å². The molecule has 0 fully saturated rings. The largest absolute Gasteiger partial charge is 0.244 e. The van der Waals surface area contributed by atoms with Crippen molar-refractivity contribution in [2.75, 3.05) is 0 Å². The van der Waals surface area contributed by atoms with Crippen LogP contribution in [0.25, 0.3) is 0 Å². The lowest BCUT2D eigenvalue weighted by Gasteiger charge is -2.18. The number of benzene rings is 2. The topological polar surface area (TPSA) is 8.81 Å². The first-order valence-corrected chi connectivity index (χ1v) is 9.43. The minimum atomic E-state index is 0.207. The number of hydrogen-bond acceptors (Lipinski definition) is 0. The minimum Gasteiger partial charge on any atom is -0.233 e. The van der Waals surface area contributed by atoms with Gasteiger partial charge in [-0.3, -0.25) is 0 Å². The lowest BCUT2D eigenvalue weighted by Crippen LogP contribution is -2.31. The van der Waals surface area contributed by atoms with Crippen LogP contribution in [0.1, 0.15) is 54.2 Å². The molecule has 1 heterocycles. The molecule has 0 aliphatic rings. The van der Waals surface area contributed by atoms with E-state index in [9.17, 15) is 0 Å². The van der Waals surface area contributed by atoms with E-state index in [0.29, 0.717) is 0 Å². The third kappa shape index (κ3) is 4.24. The van der Waals surface area contributed by atoms with Crippen LogP contribution >= 0.6 is 0 Å². The summed E-state index contributed by atoms with van der Waals surface area (Å²) in [6.45, 7) is 15.2.